The van der Waals surface area contributed by atoms with Crippen molar-refractivity contribution in [2.45, 2.75) is 12.8 Å². The Morgan fingerprint density at radius 3 is 3.00 bits per heavy atom. The summed E-state index contributed by atoms with van der Waals surface area (Å²) in [5, 5.41) is 12.0. The Bertz CT molecular complexity index is 339. The molecule has 2 N–H and O–H groups in total. The smallest absolute Gasteiger partial charge is 0.222 e. The van der Waals surface area contributed by atoms with Gasteiger partial charge in [-0.25, -0.2) is 0 Å². The largest absolute Gasteiger partial charge is 0.508 e. The maximum absolute atomic E-state index is 11.2. The van der Waals surface area contributed by atoms with Gasteiger partial charge in [0, 0.05) is 20.1 Å². The molecule has 0 aliphatic heterocycles. The monoisotopic (exact) mass is 223 g/mol. The van der Waals surface area contributed by atoms with Crippen LogP contribution in [0.3, 0.4) is 0 Å². The average Bonchev–Trinajstić information content (AvgIpc) is 2.26. The Labute approximate surface area is 95.2 Å². The van der Waals surface area contributed by atoms with Gasteiger partial charge < -0.3 is 15.2 Å². The first-order valence-electron chi connectivity index (χ1n) is 5.26. The average molecular weight is 223 g/mol. The predicted molar refractivity (Wildman–Crippen MR) is 61.3 cm³/mol. The summed E-state index contributed by atoms with van der Waals surface area (Å²) in [5.41, 5.74) is 1.01. The highest BCUT2D eigenvalue weighted by molar-refractivity contribution is 5.75. The van der Waals surface area contributed by atoms with Crippen LogP contribution in [-0.2, 0) is 16.0 Å². The summed E-state index contributed by atoms with van der Waals surface area (Å²) in [5.74, 6) is 0.241. The van der Waals surface area contributed by atoms with Crippen LogP contribution in [0.2, 0.25) is 0 Å². The quantitative estimate of drug-likeness (QED) is 0.759. The minimum absolute atomic E-state index is 0.0120. The maximum Gasteiger partial charge on any atom is 0.222 e. The highest BCUT2D eigenvalue weighted by Crippen LogP contribution is 2.10. The van der Waals surface area contributed by atoms with Gasteiger partial charge in [-0.1, -0.05) is 12.1 Å². The highest BCUT2D eigenvalue weighted by Gasteiger charge is 2.00. The van der Waals surface area contributed by atoms with E-state index in [-0.39, 0.29) is 11.7 Å². The third-order valence-electron chi connectivity index (χ3n) is 2.18. The molecular weight excluding hydrogens is 206 g/mol. The van der Waals surface area contributed by atoms with E-state index in [1.807, 2.05) is 6.07 Å². The minimum atomic E-state index is -0.0120. The SMILES string of the molecule is COCCC(=O)NCCc1cccc(O)c1. The number of amides is 1. The molecule has 0 bridgehead atoms. The molecule has 0 saturated heterocycles. The summed E-state index contributed by atoms with van der Waals surface area (Å²) in [6.07, 6.45) is 1.10. The van der Waals surface area contributed by atoms with Crippen LogP contribution in [-0.4, -0.2) is 31.3 Å². The molecule has 1 aromatic carbocycles. The Hall–Kier alpha value is -1.55. The van der Waals surface area contributed by atoms with Gasteiger partial charge in [-0.3, -0.25) is 4.79 Å². The van der Waals surface area contributed by atoms with E-state index in [1.165, 1.54) is 0 Å². The van der Waals surface area contributed by atoms with E-state index in [0.29, 0.717) is 26.0 Å². The lowest BCUT2D eigenvalue weighted by Gasteiger charge is -2.05. The number of hydrogen-bond acceptors (Lipinski definition) is 3. The Morgan fingerprint density at radius 2 is 2.31 bits per heavy atom. The normalized spacial score (nSPS) is 10.1. The van der Waals surface area contributed by atoms with Gasteiger partial charge in [-0.2, -0.15) is 0 Å². The third-order valence-corrected chi connectivity index (χ3v) is 2.18. The summed E-state index contributed by atoms with van der Waals surface area (Å²) in [6.45, 7) is 1.02. The van der Waals surface area contributed by atoms with E-state index >= 15 is 0 Å². The molecule has 0 unspecified atom stereocenters. The van der Waals surface area contributed by atoms with Crippen molar-refractivity contribution in [2.75, 3.05) is 20.3 Å². The van der Waals surface area contributed by atoms with Gasteiger partial charge in [0.1, 0.15) is 5.75 Å². The lowest BCUT2D eigenvalue weighted by molar-refractivity contribution is -0.121. The van der Waals surface area contributed by atoms with Crippen molar-refractivity contribution in [3.63, 3.8) is 0 Å². The number of rotatable bonds is 6. The van der Waals surface area contributed by atoms with Crippen LogP contribution in [0, 0.1) is 0 Å². The number of aromatic hydroxyl groups is 1. The number of carbonyl (C=O) groups is 1. The van der Waals surface area contributed by atoms with Crippen LogP contribution < -0.4 is 5.32 Å². The van der Waals surface area contributed by atoms with Crippen molar-refractivity contribution in [1.29, 1.82) is 0 Å². The number of phenols is 1. The fourth-order valence-electron chi connectivity index (χ4n) is 1.34. The fraction of sp³-hybridized carbons (Fsp3) is 0.417. The zero-order chi connectivity index (χ0) is 11.8. The molecule has 0 spiro atoms. The van der Waals surface area contributed by atoms with Crippen LogP contribution in [0.15, 0.2) is 24.3 Å². The molecule has 0 radical (unpaired) electrons. The van der Waals surface area contributed by atoms with Crippen molar-refractivity contribution in [2.24, 2.45) is 0 Å². The standard InChI is InChI=1S/C12H17NO3/c1-16-8-6-12(15)13-7-5-10-3-2-4-11(14)9-10/h2-4,9,14H,5-8H2,1H3,(H,13,15). The second kappa shape index (κ2) is 6.85. The molecule has 0 aliphatic carbocycles. The highest BCUT2D eigenvalue weighted by atomic mass is 16.5. The number of ether oxygens (including phenoxy) is 1. The number of phenolic OH excluding ortho intramolecular Hbond substituents is 1. The lowest BCUT2D eigenvalue weighted by atomic mass is 10.1. The van der Waals surface area contributed by atoms with E-state index in [1.54, 1.807) is 25.3 Å². The van der Waals surface area contributed by atoms with Gasteiger partial charge in [0.25, 0.3) is 0 Å². The summed E-state index contributed by atoms with van der Waals surface area (Å²) in [7, 11) is 1.57. The van der Waals surface area contributed by atoms with Gasteiger partial charge in [-0.05, 0) is 24.1 Å². The molecule has 16 heavy (non-hydrogen) atoms. The van der Waals surface area contributed by atoms with Crippen LogP contribution in [0.25, 0.3) is 0 Å². The molecule has 0 atom stereocenters. The molecule has 4 nitrogen and oxygen atoms in total. The molecule has 0 fully saturated rings. The van der Waals surface area contributed by atoms with Gasteiger partial charge in [0.15, 0.2) is 0 Å². The van der Waals surface area contributed by atoms with Crippen molar-refractivity contribution in [3.8, 4) is 5.75 Å². The second-order valence-corrected chi connectivity index (χ2v) is 3.51. The number of carbonyl (C=O) groups excluding carboxylic acids is 1. The molecule has 4 heteroatoms. The summed E-state index contributed by atoms with van der Waals surface area (Å²) >= 11 is 0. The summed E-state index contributed by atoms with van der Waals surface area (Å²) in [4.78, 5) is 11.2. The van der Waals surface area contributed by atoms with Crippen molar-refractivity contribution in [3.05, 3.63) is 29.8 Å². The number of hydrogen-bond donors (Lipinski definition) is 2. The Balaban J connectivity index is 2.22. The van der Waals surface area contributed by atoms with Crippen LogP contribution in [0.1, 0.15) is 12.0 Å². The first kappa shape index (κ1) is 12.5. The van der Waals surface area contributed by atoms with Crippen LogP contribution >= 0.6 is 0 Å². The summed E-state index contributed by atoms with van der Waals surface area (Å²) < 4.78 is 4.80. The van der Waals surface area contributed by atoms with E-state index in [0.717, 1.165) is 5.56 Å². The topological polar surface area (TPSA) is 58.6 Å². The van der Waals surface area contributed by atoms with Gasteiger partial charge in [-0.15, -0.1) is 0 Å². The molecule has 0 saturated carbocycles. The molecule has 0 heterocycles. The number of methoxy groups -OCH3 is 1. The first-order chi connectivity index (χ1) is 7.72. The van der Waals surface area contributed by atoms with Crippen molar-refractivity contribution < 1.29 is 14.6 Å². The fourth-order valence-corrected chi connectivity index (χ4v) is 1.34. The van der Waals surface area contributed by atoms with Crippen LogP contribution in [0.5, 0.6) is 5.75 Å². The predicted octanol–water partition coefficient (Wildman–Crippen LogP) is 1.09. The number of benzene rings is 1. The van der Waals surface area contributed by atoms with E-state index < -0.39 is 0 Å². The van der Waals surface area contributed by atoms with Gasteiger partial charge in [0.05, 0.1) is 6.61 Å². The molecule has 0 aliphatic rings. The van der Waals surface area contributed by atoms with Crippen LogP contribution in [0.4, 0.5) is 0 Å². The van der Waals surface area contributed by atoms with Crippen molar-refractivity contribution >= 4 is 5.91 Å². The molecular formula is C12H17NO3. The third kappa shape index (κ3) is 4.79. The molecule has 88 valence electrons. The van der Waals surface area contributed by atoms with E-state index in [4.69, 9.17) is 4.74 Å². The summed E-state index contributed by atoms with van der Waals surface area (Å²) in [6, 6.07) is 7.03. The first-order valence-corrected chi connectivity index (χ1v) is 5.26. The van der Waals surface area contributed by atoms with Gasteiger partial charge >= 0.3 is 0 Å². The zero-order valence-corrected chi connectivity index (χ0v) is 9.40. The number of nitrogens with one attached hydrogen (secondary N) is 1. The lowest BCUT2D eigenvalue weighted by Crippen LogP contribution is -2.26. The van der Waals surface area contributed by atoms with E-state index in [2.05, 4.69) is 5.32 Å². The Kier molecular flexibility index (Phi) is 5.36. The van der Waals surface area contributed by atoms with Crippen molar-refractivity contribution in [1.82, 2.24) is 5.32 Å². The maximum atomic E-state index is 11.2. The van der Waals surface area contributed by atoms with Gasteiger partial charge in [0.2, 0.25) is 5.91 Å². The zero-order valence-electron chi connectivity index (χ0n) is 9.40. The minimum Gasteiger partial charge on any atom is -0.508 e. The second-order valence-electron chi connectivity index (χ2n) is 3.51. The van der Waals surface area contributed by atoms with E-state index in [9.17, 15) is 9.90 Å². The molecule has 1 aromatic rings. The molecule has 1 rings (SSSR count). The molecule has 1 amide bonds. The molecule has 0 aromatic heterocycles. The Morgan fingerprint density at radius 1 is 1.50 bits per heavy atom.